The summed E-state index contributed by atoms with van der Waals surface area (Å²) in [6.07, 6.45) is 39.2. The summed E-state index contributed by atoms with van der Waals surface area (Å²) in [5.74, 6) is -0.100. The highest BCUT2D eigenvalue weighted by Crippen LogP contribution is 2.16. The van der Waals surface area contributed by atoms with Gasteiger partial charge in [0.2, 0.25) is 0 Å². The molecule has 0 aliphatic carbocycles. The number of hydrogen-bond acceptors (Lipinski definition) is 5. The van der Waals surface area contributed by atoms with Gasteiger partial charge in [-0.15, -0.1) is 0 Å². The molecule has 0 aromatic heterocycles. The van der Waals surface area contributed by atoms with E-state index in [9.17, 15) is 14.7 Å². The van der Waals surface area contributed by atoms with Gasteiger partial charge in [0.05, 0.1) is 12.7 Å². The number of rotatable bonds is 35. The smallest absolute Gasteiger partial charge is 0.306 e. The molecule has 0 aromatic rings. The fourth-order valence-electron chi connectivity index (χ4n) is 5.65. The molecule has 0 saturated heterocycles. The molecule has 0 rings (SSSR count). The standard InChI is InChI=1S/C41H76O5/c1-4-7-10-19-27-34-39(33-26-12-9-6-3)46-41(44)36-29-22-17-18-23-30-37-45-40(43)35-28-21-16-14-13-15-20-25-32-38(42)31-24-11-8-5-2/h19-20,25,27,38-39,42H,4-18,21-24,26,28-37H2,1-3H3. The van der Waals surface area contributed by atoms with Crippen molar-refractivity contribution in [2.75, 3.05) is 6.61 Å². The first-order valence-electron chi connectivity index (χ1n) is 19.9. The van der Waals surface area contributed by atoms with Crippen molar-refractivity contribution in [3.05, 3.63) is 24.3 Å². The Hall–Kier alpha value is -1.62. The molecule has 0 aromatic carbocycles. The normalized spacial score (nSPS) is 13.0. The monoisotopic (exact) mass is 649 g/mol. The summed E-state index contributed by atoms with van der Waals surface area (Å²) < 4.78 is 11.3. The molecule has 0 heterocycles. The summed E-state index contributed by atoms with van der Waals surface area (Å²) in [6, 6.07) is 0. The SMILES string of the molecule is CCCCC=CCC(CCCCCC)OC(=O)CCCCCCCCOC(=O)CCCCCCCC=CCC(O)CCCCCC. The van der Waals surface area contributed by atoms with E-state index in [0.717, 1.165) is 109 Å². The predicted molar refractivity (Wildman–Crippen MR) is 196 cm³/mol. The summed E-state index contributed by atoms with van der Waals surface area (Å²) in [5, 5.41) is 10.0. The van der Waals surface area contributed by atoms with Crippen LogP contribution in [0.15, 0.2) is 24.3 Å². The van der Waals surface area contributed by atoms with Gasteiger partial charge in [0, 0.05) is 19.3 Å². The highest BCUT2D eigenvalue weighted by Gasteiger charge is 2.13. The molecule has 2 unspecified atom stereocenters. The van der Waals surface area contributed by atoms with E-state index < -0.39 is 0 Å². The molecule has 0 amide bonds. The number of aliphatic hydroxyl groups excluding tert-OH is 1. The second kappa shape index (κ2) is 36.2. The molecule has 46 heavy (non-hydrogen) atoms. The summed E-state index contributed by atoms with van der Waals surface area (Å²) >= 11 is 0. The number of hydrogen-bond donors (Lipinski definition) is 1. The maximum Gasteiger partial charge on any atom is 0.306 e. The van der Waals surface area contributed by atoms with Gasteiger partial charge in [-0.3, -0.25) is 9.59 Å². The fraction of sp³-hybridized carbons (Fsp3) is 0.854. The lowest BCUT2D eigenvalue weighted by Gasteiger charge is -2.16. The molecule has 0 fully saturated rings. The van der Waals surface area contributed by atoms with Crippen LogP contribution in [0, 0.1) is 0 Å². The molecular formula is C41H76O5. The molecule has 0 saturated carbocycles. The van der Waals surface area contributed by atoms with Crippen LogP contribution in [0.5, 0.6) is 0 Å². The van der Waals surface area contributed by atoms with E-state index in [-0.39, 0.29) is 24.1 Å². The largest absolute Gasteiger partial charge is 0.466 e. The molecule has 0 radical (unpaired) electrons. The number of aliphatic hydroxyl groups is 1. The predicted octanol–water partition coefficient (Wildman–Crippen LogP) is 12.3. The van der Waals surface area contributed by atoms with Gasteiger partial charge in [-0.25, -0.2) is 0 Å². The second-order valence-electron chi connectivity index (χ2n) is 13.4. The molecule has 0 spiro atoms. The number of carbonyl (C=O) groups excluding carboxylic acids is 2. The molecule has 1 N–H and O–H groups in total. The van der Waals surface area contributed by atoms with E-state index in [1.807, 2.05) is 0 Å². The van der Waals surface area contributed by atoms with Crippen molar-refractivity contribution in [3.8, 4) is 0 Å². The van der Waals surface area contributed by atoms with E-state index >= 15 is 0 Å². The van der Waals surface area contributed by atoms with Gasteiger partial charge in [0.1, 0.15) is 6.10 Å². The average Bonchev–Trinajstić information content (AvgIpc) is 3.04. The minimum atomic E-state index is -0.183. The van der Waals surface area contributed by atoms with Gasteiger partial charge in [0.15, 0.2) is 0 Å². The van der Waals surface area contributed by atoms with Crippen LogP contribution in [-0.4, -0.2) is 35.9 Å². The highest BCUT2D eigenvalue weighted by molar-refractivity contribution is 5.69. The van der Waals surface area contributed by atoms with Crippen LogP contribution < -0.4 is 0 Å². The van der Waals surface area contributed by atoms with Crippen LogP contribution in [0.2, 0.25) is 0 Å². The highest BCUT2D eigenvalue weighted by atomic mass is 16.5. The van der Waals surface area contributed by atoms with Crippen molar-refractivity contribution in [2.24, 2.45) is 0 Å². The van der Waals surface area contributed by atoms with Crippen LogP contribution >= 0.6 is 0 Å². The third kappa shape index (κ3) is 33.7. The van der Waals surface area contributed by atoms with Gasteiger partial charge in [-0.1, -0.05) is 148 Å². The second-order valence-corrected chi connectivity index (χ2v) is 13.4. The van der Waals surface area contributed by atoms with E-state index in [1.54, 1.807) is 0 Å². The van der Waals surface area contributed by atoms with E-state index in [2.05, 4.69) is 45.1 Å². The van der Waals surface area contributed by atoms with Gasteiger partial charge >= 0.3 is 11.9 Å². The number of ether oxygens (including phenoxy) is 2. The topological polar surface area (TPSA) is 72.8 Å². The first kappa shape index (κ1) is 44.4. The lowest BCUT2D eigenvalue weighted by atomic mass is 10.1. The molecule has 5 heteroatoms. The van der Waals surface area contributed by atoms with Crippen LogP contribution in [0.1, 0.15) is 207 Å². The minimum Gasteiger partial charge on any atom is -0.466 e. The van der Waals surface area contributed by atoms with E-state index in [1.165, 1.54) is 64.2 Å². The van der Waals surface area contributed by atoms with Gasteiger partial charge in [0.25, 0.3) is 0 Å². The van der Waals surface area contributed by atoms with Crippen LogP contribution in [0.25, 0.3) is 0 Å². The zero-order chi connectivity index (χ0) is 33.8. The quantitative estimate of drug-likeness (QED) is 0.0420. The van der Waals surface area contributed by atoms with Crippen molar-refractivity contribution in [1.29, 1.82) is 0 Å². The van der Waals surface area contributed by atoms with Gasteiger partial charge in [-0.05, 0) is 64.2 Å². The van der Waals surface area contributed by atoms with Crippen molar-refractivity contribution in [3.63, 3.8) is 0 Å². The third-order valence-corrected chi connectivity index (χ3v) is 8.72. The Labute approximate surface area is 285 Å². The zero-order valence-electron chi connectivity index (χ0n) is 30.8. The van der Waals surface area contributed by atoms with E-state index in [0.29, 0.717) is 19.4 Å². The van der Waals surface area contributed by atoms with Gasteiger partial charge < -0.3 is 14.6 Å². The minimum absolute atomic E-state index is 0.0269. The number of esters is 2. The number of carbonyl (C=O) groups is 2. The Morgan fingerprint density at radius 1 is 0.522 bits per heavy atom. The Kier molecular flexibility index (Phi) is 34.9. The molecule has 5 nitrogen and oxygen atoms in total. The van der Waals surface area contributed by atoms with Gasteiger partial charge in [-0.2, -0.15) is 0 Å². The molecular weight excluding hydrogens is 572 g/mol. The maximum absolute atomic E-state index is 12.4. The van der Waals surface area contributed by atoms with Crippen molar-refractivity contribution >= 4 is 11.9 Å². The van der Waals surface area contributed by atoms with Crippen LogP contribution in [0.3, 0.4) is 0 Å². The average molecular weight is 649 g/mol. The lowest BCUT2D eigenvalue weighted by Crippen LogP contribution is -2.17. The third-order valence-electron chi connectivity index (χ3n) is 8.72. The summed E-state index contributed by atoms with van der Waals surface area (Å²) in [6.45, 7) is 7.17. The first-order chi connectivity index (χ1) is 22.5. The maximum atomic E-state index is 12.4. The van der Waals surface area contributed by atoms with Crippen LogP contribution in [-0.2, 0) is 19.1 Å². The Morgan fingerprint density at radius 3 is 1.67 bits per heavy atom. The Morgan fingerprint density at radius 2 is 1.02 bits per heavy atom. The first-order valence-corrected chi connectivity index (χ1v) is 19.9. The molecule has 270 valence electrons. The molecule has 0 bridgehead atoms. The lowest BCUT2D eigenvalue weighted by molar-refractivity contribution is -0.149. The number of allylic oxidation sites excluding steroid dienone is 2. The van der Waals surface area contributed by atoms with Crippen LogP contribution in [0.4, 0.5) is 0 Å². The van der Waals surface area contributed by atoms with Crippen molar-refractivity contribution < 1.29 is 24.2 Å². The summed E-state index contributed by atoms with van der Waals surface area (Å²) in [5.41, 5.74) is 0. The summed E-state index contributed by atoms with van der Waals surface area (Å²) in [7, 11) is 0. The number of unbranched alkanes of at least 4 members (excludes halogenated alkanes) is 18. The zero-order valence-corrected chi connectivity index (χ0v) is 30.8. The van der Waals surface area contributed by atoms with E-state index in [4.69, 9.17) is 9.47 Å². The molecule has 2 atom stereocenters. The molecule has 0 aliphatic rings. The fourth-order valence-corrected chi connectivity index (χ4v) is 5.65. The van der Waals surface area contributed by atoms with Crippen molar-refractivity contribution in [1.82, 2.24) is 0 Å². The van der Waals surface area contributed by atoms with Crippen molar-refractivity contribution in [2.45, 2.75) is 219 Å². The Balaban J connectivity index is 3.66. The summed E-state index contributed by atoms with van der Waals surface area (Å²) in [4.78, 5) is 24.4. The molecule has 0 aliphatic heterocycles. The Bertz CT molecular complexity index is 716.